The molecule has 0 aliphatic heterocycles. The van der Waals surface area contributed by atoms with E-state index in [1.165, 1.54) is 17.5 Å². The average molecular weight is 286 g/mol. The molecule has 0 spiro atoms. The number of hydrogen-bond acceptors (Lipinski definition) is 1. The third-order valence-corrected chi connectivity index (χ3v) is 4.14. The molecule has 3 rings (SSSR count). The second kappa shape index (κ2) is 5.68. The number of nitrogens with one attached hydrogen (secondary N) is 1. The largest absolute Gasteiger partial charge is 0.325 e. The molecular weight excluding hydrogens is 270 g/mol. The molecule has 0 saturated carbocycles. The quantitative estimate of drug-likeness (QED) is 0.846. The van der Waals surface area contributed by atoms with Crippen molar-refractivity contribution in [1.82, 2.24) is 0 Å². The predicted molar refractivity (Wildman–Crippen MR) is 82.1 cm³/mol. The highest BCUT2D eigenvalue weighted by Crippen LogP contribution is 2.26. The van der Waals surface area contributed by atoms with E-state index in [9.17, 15) is 4.79 Å². The molecule has 1 unspecified atom stereocenters. The van der Waals surface area contributed by atoms with Gasteiger partial charge in [0, 0.05) is 5.69 Å². The summed E-state index contributed by atoms with van der Waals surface area (Å²) in [5, 5.41) is 2.24. The molecule has 0 bridgehead atoms. The van der Waals surface area contributed by atoms with Crippen molar-refractivity contribution in [3.05, 3.63) is 65.2 Å². The van der Waals surface area contributed by atoms with Crippen molar-refractivity contribution in [3.8, 4) is 0 Å². The summed E-state index contributed by atoms with van der Waals surface area (Å²) in [6.07, 6.45) is 3.45. The summed E-state index contributed by atoms with van der Waals surface area (Å²) >= 11 is 6.21. The number of carbonyl (C=O) groups excluding carboxylic acids is 1. The Bertz CT molecular complexity index is 624. The molecule has 2 nitrogen and oxygen atoms in total. The predicted octanol–water partition coefficient (Wildman–Crippen LogP) is 4.09. The minimum absolute atomic E-state index is 0.184. The molecule has 3 heteroatoms. The van der Waals surface area contributed by atoms with E-state index in [2.05, 4.69) is 17.4 Å². The highest BCUT2D eigenvalue weighted by Gasteiger charge is 2.18. The van der Waals surface area contributed by atoms with Gasteiger partial charge in [0.25, 0.3) is 0 Å². The van der Waals surface area contributed by atoms with Gasteiger partial charge in [-0.05, 0) is 48.1 Å². The van der Waals surface area contributed by atoms with E-state index in [-0.39, 0.29) is 5.91 Å². The van der Waals surface area contributed by atoms with Crippen molar-refractivity contribution in [2.45, 2.75) is 24.6 Å². The smallest absolute Gasteiger partial charge is 0.246 e. The van der Waals surface area contributed by atoms with Crippen LogP contribution < -0.4 is 5.32 Å². The van der Waals surface area contributed by atoms with Gasteiger partial charge in [-0.3, -0.25) is 4.79 Å². The van der Waals surface area contributed by atoms with Gasteiger partial charge in [0.15, 0.2) is 0 Å². The van der Waals surface area contributed by atoms with E-state index in [0.717, 1.165) is 24.1 Å². The Labute approximate surface area is 123 Å². The fraction of sp³-hybridized carbons (Fsp3) is 0.235. The molecule has 1 N–H and O–H groups in total. The van der Waals surface area contributed by atoms with Crippen LogP contribution in [0.3, 0.4) is 0 Å². The molecule has 1 amide bonds. The molecule has 0 heterocycles. The average Bonchev–Trinajstić information content (AvgIpc) is 2.95. The normalized spacial score (nSPS) is 14.7. The van der Waals surface area contributed by atoms with E-state index < -0.39 is 5.38 Å². The lowest BCUT2D eigenvalue weighted by Gasteiger charge is -2.12. The van der Waals surface area contributed by atoms with Crippen molar-refractivity contribution in [2.24, 2.45) is 0 Å². The highest BCUT2D eigenvalue weighted by atomic mass is 35.5. The van der Waals surface area contributed by atoms with Gasteiger partial charge in [-0.25, -0.2) is 0 Å². The van der Waals surface area contributed by atoms with Crippen LogP contribution in [-0.2, 0) is 17.6 Å². The minimum Gasteiger partial charge on any atom is -0.325 e. The third-order valence-electron chi connectivity index (χ3n) is 3.69. The van der Waals surface area contributed by atoms with Gasteiger partial charge in [0.2, 0.25) is 5.91 Å². The van der Waals surface area contributed by atoms with E-state index in [0.29, 0.717) is 0 Å². The van der Waals surface area contributed by atoms with Crippen molar-refractivity contribution >= 4 is 23.2 Å². The number of carbonyl (C=O) groups is 1. The maximum Gasteiger partial charge on any atom is 0.246 e. The third kappa shape index (κ3) is 2.70. The van der Waals surface area contributed by atoms with Crippen LogP contribution in [0, 0.1) is 0 Å². The first-order chi connectivity index (χ1) is 9.74. The first-order valence-corrected chi connectivity index (χ1v) is 7.29. The van der Waals surface area contributed by atoms with Crippen LogP contribution in [0.2, 0.25) is 0 Å². The van der Waals surface area contributed by atoms with Gasteiger partial charge in [-0.1, -0.05) is 36.4 Å². The lowest BCUT2D eigenvalue weighted by Crippen LogP contribution is -2.17. The molecule has 1 aliphatic rings. The van der Waals surface area contributed by atoms with Gasteiger partial charge in [-0.15, -0.1) is 11.6 Å². The summed E-state index contributed by atoms with van der Waals surface area (Å²) in [5.74, 6) is -0.184. The van der Waals surface area contributed by atoms with Crippen LogP contribution in [0.1, 0.15) is 28.5 Å². The Hall–Kier alpha value is -1.80. The SMILES string of the molecule is O=C(Nc1ccc2c(c1)CCC2)C(Cl)c1ccccc1. The number of amides is 1. The van der Waals surface area contributed by atoms with Crippen molar-refractivity contribution in [1.29, 1.82) is 0 Å². The molecule has 1 aliphatic carbocycles. The first kappa shape index (κ1) is 13.2. The fourth-order valence-electron chi connectivity index (χ4n) is 2.63. The lowest BCUT2D eigenvalue weighted by atomic mass is 10.1. The molecule has 102 valence electrons. The number of rotatable bonds is 3. The molecule has 20 heavy (non-hydrogen) atoms. The van der Waals surface area contributed by atoms with Crippen LogP contribution in [0.4, 0.5) is 5.69 Å². The van der Waals surface area contributed by atoms with Gasteiger partial charge in [0.1, 0.15) is 5.38 Å². The number of hydrogen-bond donors (Lipinski definition) is 1. The Morgan fingerprint density at radius 3 is 2.60 bits per heavy atom. The molecule has 1 atom stereocenters. The number of alkyl halides is 1. The zero-order chi connectivity index (χ0) is 13.9. The second-order valence-electron chi connectivity index (χ2n) is 5.10. The highest BCUT2D eigenvalue weighted by molar-refractivity contribution is 6.32. The molecule has 0 fully saturated rings. The Kier molecular flexibility index (Phi) is 3.75. The fourth-order valence-corrected chi connectivity index (χ4v) is 2.83. The Balaban J connectivity index is 1.73. The van der Waals surface area contributed by atoms with Crippen LogP contribution >= 0.6 is 11.6 Å². The summed E-state index contributed by atoms with van der Waals surface area (Å²) in [6.45, 7) is 0. The first-order valence-electron chi connectivity index (χ1n) is 6.86. The Morgan fingerprint density at radius 1 is 1.05 bits per heavy atom. The molecule has 0 saturated heterocycles. The van der Waals surface area contributed by atoms with Gasteiger partial charge in [0.05, 0.1) is 0 Å². The van der Waals surface area contributed by atoms with Gasteiger partial charge >= 0.3 is 0 Å². The van der Waals surface area contributed by atoms with E-state index in [4.69, 9.17) is 11.6 Å². The van der Waals surface area contributed by atoms with Gasteiger partial charge in [-0.2, -0.15) is 0 Å². The maximum atomic E-state index is 12.2. The van der Waals surface area contributed by atoms with E-state index in [1.807, 2.05) is 36.4 Å². The summed E-state index contributed by atoms with van der Waals surface area (Å²) in [5.41, 5.74) is 4.38. The van der Waals surface area contributed by atoms with Crippen LogP contribution in [0.15, 0.2) is 48.5 Å². The van der Waals surface area contributed by atoms with E-state index >= 15 is 0 Å². The van der Waals surface area contributed by atoms with Gasteiger partial charge < -0.3 is 5.32 Å². The molecular formula is C17H16ClNO. The zero-order valence-corrected chi connectivity index (χ0v) is 11.9. The summed E-state index contributed by atoms with van der Waals surface area (Å²) in [7, 11) is 0. The minimum atomic E-state index is -0.663. The molecule has 0 radical (unpaired) electrons. The van der Waals surface area contributed by atoms with E-state index in [1.54, 1.807) is 0 Å². The van der Waals surface area contributed by atoms with Crippen molar-refractivity contribution < 1.29 is 4.79 Å². The second-order valence-corrected chi connectivity index (χ2v) is 5.54. The summed E-state index contributed by atoms with van der Waals surface area (Å²) in [6, 6.07) is 15.5. The number of anilines is 1. The van der Waals surface area contributed by atoms with Crippen molar-refractivity contribution in [2.75, 3.05) is 5.32 Å². The van der Waals surface area contributed by atoms with Crippen molar-refractivity contribution in [3.63, 3.8) is 0 Å². The number of fused-ring (bicyclic) bond motifs is 1. The zero-order valence-electron chi connectivity index (χ0n) is 11.1. The summed E-state index contributed by atoms with van der Waals surface area (Å²) < 4.78 is 0. The monoisotopic (exact) mass is 285 g/mol. The lowest BCUT2D eigenvalue weighted by molar-refractivity contribution is -0.116. The number of halogens is 1. The molecule has 2 aromatic carbocycles. The summed E-state index contributed by atoms with van der Waals surface area (Å²) in [4.78, 5) is 12.2. The maximum absolute atomic E-state index is 12.2. The topological polar surface area (TPSA) is 29.1 Å². The van der Waals surface area contributed by atoms with Crippen LogP contribution in [0.25, 0.3) is 0 Å². The Morgan fingerprint density at radius 2 is 1.80 bits per heavy atom. The standard InChI is InChI=1S/C17H16ClNO/c18-16(13-5-2-1-3-6-13)17(20)19-15-10-9-12-7-4-8-14(12)11-15/h1-3,5-6,9-11,16H,4,7-8H2,(H,19,20). The molecule has 0 aromatic heterocycles. The van der Waals surface area contributed by atoms with Crippen LogP contribution in [0.5, 0.6) is 0 Å². The number of benzene rings is 2. The van der Waals surface area contributed by atoms with Crippen LogP contribution in [-0.4, -0.2) is 5.91 Å². The number of aryl methyl sites for hydroxylation is 2. The molecule has 2 aromatic rings.